The molecule has 7 N–H and O–H groups in total. The Morgan fingerprint density at radius 1 is 0.892 bits per heavy atom. The summed E-state index contributed by atoms with van der Waals surface area (Å²) < 4.78 is 28.3. The average molecular weight is 922 g/mol. The molecule has 3 atom stereocenters. The number of ether oxygens (including phenoxy) is 5. The highest BCUT2D eigenvalue weighted by Gasteiger charge is 2.49. The number of nitrogens with zero attached hydrogens (tertiary/aromatic N) is 5. The number of fused-ring (bicyclic) bond motifs is 2. The molecule has 2 aliphatic carbocycles. The molecule has 3 unspecified atom stereocenters. The first-order chi connectivity index (χ1) is 30.8. The van der Waals surface area contributed by atoms with Gasteiger partial charge in [-0.3, -0.25) is 14.4 Å². The van der Waals surface area contributed by atoms with Crippen LogP contribution < -0.4 is 16.4 Å². The van der Waals surface area contributed by atoms with Gasteiger partial charge in [0.05, 0.1) is 73.0 Å². The molecule has 0 radical (unpaired) electrons. The van der Waals surface area contributed by atoms with Gasteiger partial charge in [0.2, 0.25) is 0 Å². The Hall–Kier alpha value is -4.90. The Morgan fingerprint density at radius 2 is 1.51 bits per heavy atom. The first kappa shape index (κ1) is 48.0. The monoisotopic (exact) mass is 921 g/mol. The number of carboxylic acids is 1. The number of aromatic amines is 1. The van der Waals surface area contributed by atoms with Crippen molar-refractivity contribution in [2.45, 2.75) is 125 Å². The van der Waals surface area contributed by atoms with Crippen LogP contribution >= 0.6 is 0 Å². The third-order valence-corrected chi connectivity index (χ3v) is 14.4. The SMILES string of the molecule is CC(C)(O)C1(NC(=O)c2c[nH]c3ncc(C4CC4)nc23)CCOC1.COC(=O)C1(NC(=O)c2cn(COCC[Si](C)(C)C)c3ncc(C4CC4)nc23)CCOC1.NC1(C(=O)O)CCOC1. The van der Waals surface area contributed by atoms with Crippen LogP contribution in [0.15, 0.2) is 24.8 Å². The molecule has 7 heterocycles. The molecule has 3 aliphatic heterocycles. The number of esters is 1. The van der Waals surface area contributed by atoms with E-state index in [1.807, 2.05) is 4.57 Å². The molecule has 2 saturated carbocycles. The maximum Gasteiger partial charge on any atom is 0.334 e. The minimum Gasteiger partial charge on any atom is -0.480 e. The number of nitrogens with two attached hydrogens (primary N) is 1. The lowest BCUT2D eigenvalue weighted by molar-refractivity contribution is -0.148. The Kier molecular flexibility index (Phi) is 14.1. The lowest BCUT2D eigenvalue weighted by Crippen LogP contribution is -2.62. The second-order valence-corrected chi connectivity index (χ2v) is 25.2. The zero-order valence-electron chi connectivity index (χ0n) is 38.2. The number of methoxy groups -OCH3 is 1. The highest BCUT2D eigenvalue weighted by Crippen LogP contribution is 2.40. The first-order valence-corrected chi connectivity index (χ1v) is 26.0. The van der Waals surface area contributed by atoms with E-state index in [9.17, 15) is 24.3 Å². The number of amides is 2. The third-order valence-electron chi connectivity index (χ3n) is 12.7. The Labute approximate surface area is 378 Å². The fourth-order valence-corrected chi connectivity index (χ4v) is 8.55. The summed E-state index contributed by atoms with van der Waals surface area (Å²) in [7, 11) is 0.110. The number of hydrogen-bond donors (Lipinski definition) is 6. The summed E-state index contributed by atoms with van der Waals surface area (Å²) in [5.74, 6) is -1.26. The zero-order chi connectivity index (χ0) is 46.8. The fourth-order valence-electron chi connectivity index (χ4n) is 7.79. The highest BCUT2D eigenvalue weighted by molar-refractivity contribution is 6.76. The molecule has 3 saturated heterocycles. The van der Waals surface area contributed by atoms with Crippen molar-refractivity contribution in [1.29, 1.82) is 0 Å². The van der Waals surface area contributed by atoms with Gasteiger partial charge in [0.15, 0.2) is 16.8 Å². The molecule has 0 aromatic carbocycles. The normalized spacial score (nSPS) is 24.2. The number of aliphatic hydroxyl groups is 1. The van der Waals surface area contributed by atoms with Crippen LogP contribution in [0.4, 0.5) is 0 Å². The van der Waals surface area contributed by atoms with Crippen molar-refractivity contribution in [2.24, 2.45) is 5.73 Å². The second-order valence-electron chi connectivity index (χ2n) is 19.6. The number of rotatable bonds is 14. The molecule has 9 rings (SSSR count). The molecule has 5 fully saturated rings. The summed E-state index contributed by atoms with van der Waals surface area (Å²) in [4.78, 5) is 70.3. The van der Waals surface area contributed by atoms with Crippen LogP contribution in [0.3, 0.4) is 0 Å². The van der Waals surface area contributed by atoms with Gasteiger partial charge in [-0.1, -0.05) is 19.6 Å². The molecule has 21 heteroatoms. The van der Waals surface area contributed by atoms with Gasteiger partial charge in [-0.15, -0.1) is 0 Å². The van der Waals surface area contributed by atoms with Gasteiger partial charge in [0, 0.05) is 71.6 Å². The van der Waals surface area contributed by atoms with Gasteiger partial charge in [-0.25, -0.2) is 24.7 Å². The highest BCUT2D eigenvalue weighted by atomic mass is 28.3. The average Bonchev–Trinajstić information content (AvgIpc) is 3.97. The molecule has 65 heavy (non-hydrogen) atoms. The molecule has 0 spiro atoms. The summed E-state index contributed by atoms with van der Waals surface area (Å²) >= 11 is 0. The standard InChI is InChI=1S/C22H32N4O5Si.C17H22N4O3.C5H9NO3/c1-29-21(28)22(7-8-30-13-22)25-20(27)16-12-26(14-31-9-10-32(2,3)4)19-18(16)24-17(11-23-19)15-5-6-15;1-16(2,23)17(5-6-24-9-17)21-15(22)11-7-18-14-13(11)20-12(8-19-14)10-3-4-10;6-5(4(7)8)1-2-9-3-5/h11-12,15H,5-10,13-14H2,1-4H3,(H,25,27);7-8,10,23H,3-6,9H2,1-2H3,(H,18,19)(H,21,22);1-3,6H2,(H,7,8). The molecule has 2 amide bonds. The third kappa shape index (κ3) is 11.0. The van der Waals surface area contributed by atoms with Crippen LogP contribution in [-0.2, 0) is 40.0 Å². The van der Waals surface area contributed by atoms with E-state index in [0.717, 1.165) is 43.1 Å². The minimum absolute atomic E-state index is 0.0862. The van der Waals surface area contributed by atoms with Gasteiger partial charge in [0.1, 0.15) is 23.3 Å². The molecule has 0 bridgehead atoms. The van der Waals surface area contributed by atoms with E-state index in [0.29, 0.717) is 97.6 Å². The minimum atomic E-state index is -1.20. The van der Waals surface area contributed by atoms with E-state index in [4.69, 9.17) is 39.5 Å². The molecular weight excluding hydrogens is 859 g/mol. The first-order valence-electron chi connectivity index (χ1n) is 22.3. The van der Waals surface area contributed by atoms with Gasteiger partial charge in [0.25, 0.3) is 11.8 Å². The van der Waals surface area contributed by atoms with Gasteiger partial charge in [-0.2, -0.15) is 0 Å². The zero-order valence-corrected chi connectivity index (χ0v) is 39.2. The summed E-state index contributed by atoms with van der Waals surface area (Å²) in [6, 6.07) is 1.05. The Bertz CT molecular complexity index is 2360. The number of carboxylic acid groups (broad SMARTS) is 1. The van der Waals surface area contributed by atoms with E-state index < -0.39 is 48.1 Å². The molecule has 354 valence electrons. The van der Waals surface area contributed by atoms with Gasteiger partial charge < -0.3 is 59.8 Å². The quantitative estimate of drug-likeness (QED) is 0.0601. The Morgan fingerprint density at radius 3 is 2.05 bits per heavy atom. The van der Waals surface area contributed by atoms with Crippen molar-refractivity contribution in [3.8, 4) is 0 Å². The summed E-state index contributed by atoms with van der Waals surface area (Å²) in [6.45, 7) is 13.1. The smallest absolute Gasteiger partial charge is 0.334 e. The van der Waals surface area contributed by atoms with E-state index in [1.54, 1.807) is 38.6 Å². The maximum atomic E-state index is 13.3. The summed E-state index contributed by atoms with van der Waals surface area (Å²) in [5, 5.41) is 24.8. The van der Waals surface area contributed by atoms with Crippen LogP contribution in [0.2, 0.25) is 25.7 Å². The molecule has 4 aromatic heterocycles. The molecule has 4 aromatic rings. The number of carbonyl (C=O) groups is 4. The van der Waals surface area contributed by atoms with Crippen LogP contribution in [0.5, 0.6) is 0 Å². The topological polar surface area (TPSA) is 277 Å². The maximum absolute atomic E-state index is 13.3. The molecule has 20 nitrogen and oxygen atoms in total. The van der Waals surface area contributed by atoms with E-state index in [-0.39, 0.29) is 25.9 Å². The lowest BCUT2D eigenvalue weighted by atomic mass is 9.81. The van der Waals surface area contributed by atoms with Crippen molar-refractivity contribution < 1.29 is 53.1 Å². The van der Waals surface area contributed by atoms with Crippen LogP contribution in [-0.4, -0.2) is 147 Å². The van der Waals surface area contributed by atoms with E-state index in [2.05, 4.69) is 50.2 Å². The van der Waals surface area contributed by atoms with Crippen molar-refractivity contribution >= 4 is 54.2 Å². The number of hydrogen-bond acceptors (Lipinski definition) is 15. The van der Waals surface area contributed by atoms with Crippen molar-refractivity contribution in [3.05, 3.63) is 47.3 Å². The molecular formula is C44H63N9O11Si. The fraction of sp³-hybridized carbons (Fsp3) is 0.636. The van der Waals surface area contributed by atoms with Crippen molar-refractivity contribution in [2.75, 3.05) is 53.4 Å². The van der Waals surface area contributed by atoms with E-state index >= 15 is 0 Å². The predicted molar refractivity (Wildman–Crippen MR) is 239 cm³/mol. The number of aliphatic carboxylic acids is 1. The van der Waals surface area contributed by atoms with E-state index in [1.165, 1.54) is 7.11 Å². The van der Waals surface area contributed by atoms with Gasteiger partial charge >= 0.3 is 11.9 Å². The van der Waals surface area contributed by atoms with Crippen molar-refractivity contribution in [1.82, 2.24) is 40.1 Å². The molecule has 5 aliphatic rings. The number of carbonyl (C=O) groups excluding carboxylic acids is 3. The van der Waals surface area contributed by atoms with Gasteiger partial charge in [-0.05, 0) is 52.0 Å². The lowest BCUT2D eigenvalue weighted by Gasteiger charge is -2.39. The number of nitrogens with one attached hydrogen (secondary N) is 3. The second kappa shape index (κ2) is 19.1. The summed E-state index contributed by atoms with van der Waals surface area (Å²) in [6.07, 6.45) is 12.7. The number of aromatic nitrogens is 6. The predicted octanol–water partition coefficient (Wildman–Crippen LogP) is 3.37. The number of H-pyrrole nitrogens is 1. The van der Waals surface area contributed by atoms with Crippen LogP contribution in [0.1, 0.15) is 103 Å². The Balaban J connectivity index is 0.000000167. The summed E-state index contributed by atoms with van der Waals surface area (Å²) in [5.41, 5.74) is 6.18. The van der Waals surface area contributed by atoms with Crippen LogP contribution in [0, 0.1) is 0 Å². The van der Waals surface area contributed by atoms with Crippen molar-refractivity contribution in [3.63, 3.8) is 0 Å². The van der Waals surface area contributed by atoms with Crippen LogP contribution in [0.25, 0.3) is 22.3 Å². The largest absolute Gasteiger partial charge is 0.480 e.